The summed E-state index contributed by atoms with van der Waals surface area (Å²) in [5.41, 5.74) is 1.81. The van der Waals surface area contributed by atoms with Crippen molar-refractivity contribution in [2.24, 2.45) is 0 Å². The van der Waals surface area contributed by atoms with Crippen molar-refractivity contribution in [1.29, 1.82) is 0 Å². The zero-order valence-corrected chi connectivity index (χ0v) is 13.2. The molecule has 0 fully saturated rings. The summed E-state index contributed by atoms with van der Waals surface area (Å²) in [6, 6.07) is 16.9. The van der Waals surface area contributed by atoms with Gasteiger partial charge in [0.2, 0.25) is 0 Å². The minimum atomic E-state index is -0.181. The lowest BCUT2D eigenvalue weighted by atomic mass is 10.1. The van der Waals surface area contributed by atoms with E-state index < -0.39 is 0 Å². The second-order valence-electron chi connectivity index (χ2n) is 5.24. The van der Waals surface area contributed by atoms with Crippen molar-refractivity contribution in [3.8, 4) is 11.4 Å². The topological polar surface area (TPSA) is 81.9 Å². The van der Waals surface area contributed by atoms with E-state index in [1.54, 1.807) is 12.1 Å². The van der Waals surface area contributed by atoms with E-state index >= 15 is 0 Å². The third kappa shape index (κ3) is 3.95. The fourth-order valence-electron chi connectivity index (χ4n) is 2.25. The van der Waals surface area contributed by atoms with E-state index in [-0.39, 0.29) is 18.6 Å². The highest BCUT2D eigenvalue weighted by Crippen LogP contribution is 2.16. The van der Waals surface area contributed by atoms with Gasteiger partial charge < -0.3 is 10.1 Å². The summed E-state index contributed by atoms with van der Waals surface area (Å²) in [5.74, 6) is 0.393. The van der Waals surface area contributed by atoms with Crippen molar-refractivity contribution in [3.05, 3.63) is 66.5 Å². The Labute approximate surface area is 139 Å². The maximum absolute atomic E-state index is 12.0. The first kappa shape index (κ1) is 15.7. The molecule has 0 aliphatic heterocycles. The van der Waals surface area contributed by atoms with E-state index in [9.17, 15) is 4.79 Å². The lowest BCUT2D eigenvalue weighted by Crippen LogP contribution is -2.31. The molecule has 0 spiro atoms. The van der Waals surface area contributed by atoms with Crippen molar-refractivity contribution in [3.63, 3.8) is 0 Å². The average molecular weight is 323 g/mol. The molecule has 1 N–H and O–H groups in total. The largest absolute Gasteiger partial charge is 0.484 e. The Kier molecular flexibility index (Phi) is 4.81. The smallest absolute Gasteiger partial charge is 0.258 e. The number of carbonyl (C=O) groups excluding carboxylic acids is 1. The van der Waals surface area contributed by atoms with E-state index in [0.717, 1.165) is 11.3 Å². The molecule has 7 nitrogen and oxygen atoms in total. The van der Waals surface area contributed by atoms with E-state index in [0.29, 0.717) is 5.75 Å². The van der Waals surface area contributed by atoms with Gasteiger partial charge in [-0.25, -0.2) is 4.68 Å². The van der Waals surface area contributed by atoms with Gasteiger partial charge in [-0.2, -0.15) is 0 Å². The number of rotatable bonds is 6. The molecule has 1 heterocycles. The number of amides is 1. The molecule has 122 valence electrons. The van der Waals surface area contributed by atoms with Crippen LogP contribution in [0.15, 0.2) is 60.9 Å². The first-order valence-electron chi connectivity index (χ1n) is 7.53. The van der Waals surface area contributed by atoms with Crippen LogP contribution in [0.5, 0.6) is 5.75 Å². The minimum absolute atomic E-state index is 0.0593. The van der Waals surface area contributed by atoms with Crippen LogP contribution >= 0.6 is 0 Å². The van der Waals surface area contributed by atoms with Crippen molar-refractivity contribution >= 4 is 5.91 Å². The summed E-state index contributed by atoms with van der Waals surface area (Å²) < 4.78 is 7.07. The Hall–Kier alpha value is -3.22. The molecule has 0 aliphatic rings. The Morgan fingerprint density at radius 1 is 1.21 bits per heavy atom. The zero-order chi connectivity index (χ0) is 16.8. The number of ether oxygens (including phenoxy) is 1. The molecule has 24 heavy (non-hydrogen) atoms. The highest BCUT2D eigenvalue weighted by atomic mass is 16.5. The highest BCUT2D eigenvalue weighted by Gasteiger charge is 2.10. The Bertz CT molecular complexity index is 790. The van der Waals surface area contributed by atoms with Crippen LogP contribution in [-0.2, 0) is 4.79 Å². The van der Waals surface area contributed by atoms with E-state index in [1.807, 2.05) is 49.4 Å². The molecule has 3 rings (SSSR count). The molecular formula is C17H17N5O2. The molecule has 1 atom stereocenters. The van der Waals surface area contributed by atoms with Gasteiger partial charge in [0.25, 0.3) is 5.91 Å². The van der Waals surface area contributed by atoms with Crippen molar-refractivity contribution in [1.82, 2.24) is 25.5 Å². The molecule has 0 bridgehead atoms. The lowest BCUT2D eigenvalue weighted by molar-refractivity contribution is -0.123. The number of nitrogens with one attached hydrogen (secondary N) is 1. The summed E-state index contributed by atoms with van der Waals surface area (Å²) in [4.78, 5) is 12.0. The van der Waals surface area contributed by atoms with E-state index in [4.69, 9.17) is 4.74 Å². The van der Waals surface area contributed by atoms with Crippen molar-refractivity contribution in [2.45, 2.75) is 13.0 Å². The SMILES string of the molecule is C[C@@H](NC(=O)COc1cccc(-n2cnnn2)c1)c1ccccc1. The third-order valence-corrected chi connectivity index (χ3v) is 3.48. The number of aromatic nitrogens is 4. The second kappa shape index (κ2) is 7.36. The quantitative estimate of drug-likeness (QED) is 0.749. The number of carbonyl (C=O) groups is 1. The Balaban J connectivity index is 1.56. The van der Waals surface area contributed by atoms with Crippen LogP contribution in [0.25, 0.3) is 5.69 Å². The fraction of sp³-hybridized carbons (Fsp3) is 0.176. The van der Waals surface area contributed by atoms with Crippen LogP contribution < -0.4 is 10.1 Å². The summed E-state index contributed by atoms with van der Waals surface area (Å²) in [6.45, 7) is 1.88. The molecule has 7 heteroatoms. The minimum Gasteiger partial charge on any atom is -0.484 e. The second-order valence-corrected chi connectivity index (χ2v) is 5.24. The van der Waals surface area contributed by atoms with Gasteiger partial charge in [-0.1, -0.05) is 36.4 Å². The number of hydrogen-bond acceptors (Lipinski definition) is 5. The molecule has 0 saturated heterocycles. The maximum atomic E-state index is 12.0. The lowest BCUT2D eigenvalue weighted by Gasteiger charge is -2.14. The summed E-state index contributed by atoms with van der Waals surface area (Å²) in [6.07, 6.45) is 1.49. The Morgan fingerprint density at radius 3 is 2.79 bits per heavy atom. The van der Waals surface area contributed by atoms with E-state index in [1.165, 1.54) is 11.0 Å². The van der Waals surface area contributed by atoms with Gasteiger partial charge in [0.1, 0.15) is 12.1 Å². The first-order valence-corrected chi connectivity index (χ1v) is 7.53. The van der Waals surface area contributed by atoms with Gasteiger partial charge in [-0.05, 0) is 35.0 Å². The molecule has 0 saturated carbocycles. The normalized spacial score (nSPS) is 11.7. The summed E-state index contributed by atoms with van der Waals surface area (Å²) >= 11 is 0. The molecule has 0 radical (unpaired) electrons. The standard InChI is InChI=1S/C17H17N5O2/c1-13(14-6-3-2-4-7-14)19-17(23)11-24-16-9-5-8-15(10-16)22-12-18-20-21-22/h2-10,12-13H,11H2,1H3,(H,19,23)/t13-/m1/s1. The zero-order valence-electron chi connectivity index (χ0n) is 13.2. The Morgan fingerprint density at radius 2 is 2.04 bits per heavy atom. The van der Waals surface area contributed by atoms with Gasteiger partial charge in [-0.15, -0.1) is 5.10 Å². The van der Waals surface area contributed by atoms with Crippen LogP contribution in [-0.4, -0.2) is 32.7 Å². The number of tetrazole rings is 1. The molecule has 3 aromatic rings. The van der Waals surface area contributed by atoms with Gasteiger partial charge >= 0.3 is 0 Å². The highest BCUT2D eigenvalue weighted by molar-refractivity contribution is 5.78. The molecule has 2 aromatic carbocycles. The summed E-state index contributed by atoms with van der Waals surface area (Å²) in [7, 11) is 0. The van der Waals surface area contributed by atoms with Crippen LogP contribution in [0.2, 0.25) is 0 Å². The number of nitrogens with zero attached hydrogens (tertiary/aromatic N) is 4. The van der Waals surface area contributed by atoms with Crippen LogP contribution in [0, 0.1) is 0 Å². The van der Waals surface area contributed by atoms with Crippen molar-refractivity contribution in [2.75, 3.05) is 6.61 Å². The summed E-state index contributed by atoms with van der Waals surface area (Å²) in [5, 5.41) is 13.9. The van der Waals surface area contributed by atoms with Gasteiger partial charge in [0.05, 0.1) is 11.7 Å². The van der Waals surface area contributed by atoms with Gasteiger partial charge in [0.15, 0.2) is 6.61 Å². The molecule has 1 aromatic heterocycles. The predicted molar refractivity (Wildman–Crippen MR) is 87.6 cm³/mol. The molecule has 1 amide bonds. The first-order chi connectivity index (χ1) is 11.7. The predicted octanol–water partition coefficient (Wildman–Crippen LogP) is 1.92. The van der Waals surface area contributed by atoms with Gasteiger partial charge in [-0.3, -0.25) is 4.79 Å². The molecular weight excluding hydrogens is 306 g/mol. The van der Waals surface area contributed by atoms with Crippen LogP contribution in [0.1, 0.15) is 18.5 Å². The van der Waals surface area contributed by atoms with Crippen molar-refractivity contribution < 1.29 is 9.53 Å². The maximum Gasteiger partial charge on any atom is 0.258 e. The number of hydrogen-bond donors (Lipinski definition) is 1. The van der Waals surface area contributed by atoms with Crippen LogP contribution in [0.4, 0.5) is 0 Å². The molecule has 0 unspecified atom stereocenters. The molecule has 0 aliphatic carbocycles. The fourth-order valence-corrected chi connectivity index (χ4v) is 2.25. The van der Waals surface area contributed by atoms with Gasteiger partial charge in [0, 0.05) is 6.07 Å². The van der Waals surface area contributed by atoms with Crippen LogP contribution in [0.3, 0.4) is 0 Å². The average Bonchev–Trinajstić information content (AvgIpc) is 3.16. The third-order valence-electron chi connectivity index (χ3n) is 3.48. The number of benzene rings is 2. The van der Waals surface area contributed by atoms with E-state index in [2.05, 4.69) is 20.8 Å². The monoisotopic (exact) mass is 323 g/mol.